The van der Waals surface area contributed by atoms with Gasteiger partial charge in [0.25, 0.3) is 0 Å². The monoisotopic (exact) mass is 236 g/mol. The molecule has 1 unspecified atom stereocenters. The van der Waals surface area contributed by atoms with Crippen molar-refractivity contribution in [1.29, 1.82) is 0 Å². The molecule has 5 heteroatoms. The Kier molecular flexibility index (Phi) is 5.06. The molecule has 2 rings (SSSR count). The van der Waals surface area contributed by atoms with Crippen LogP contribution in [-0.4, -0.2) is 36.5 Å². The number of halogens is 1. The summed E-state index contributed by atoms with van der Waals surface area (Å²) in [6, 6.07) is 0.443. The molecule has 0 aromatic rings. The highest BCUT2D eigenvalue weighted by molar-refractivity contribution is 7.99. The van der Waals surface area contributed by atoms with Crippen LogP contribution in [0.3, 0.4) is 0 Å². The van der Waals surface area contributed by atoms with Crippen molar-refractivity contribution in [3.8, 4) is 0 Å². The summed E-state index contributed by atoms with van der Waals surface area (Å²) in [7, 11) is 0. The van der Waals surface area contributed by atoms with E-state index in [-0.39, 0.29) is 24.2 Å². The van der Waals surface area contributed by atoms with E-state index < -0.39 is 0 Å². The second kappa shape index (κ2) is 5.83. The van der Waals surface area contributed by atoms with E-state index in [4.69, 9.17) is 0 Å². The summed E-state index contributed by atoms with van der Waals surface area (Å²) in [6.07, 6.45) is 2.16. The highest BCUT2D eigenvalue weighted by Crippen LogP contribution is 2.18. The topological polar surface area (TPSA) is 41.1 Å². The molecule has 0 spiro atoms. The molecule has 2 aliphatic rings. The van der Waals surface area contributed by atoms with E-state index >= 15 is 0 Å². The fourth-order valence-corrected chi connectivity index (χ4v) is 3.00. The molecule has 0 radical (unpaired) electrons. The molecule has 0 saturated carbocycles. The average Bonchev–Trinajstić information content (AvgIpc) is 2.74. The number of carbonyl (C=O) groups excluding carboxylic acids is 1. The second-order valence-corrected chi connectivity index (χ2v) is 4.91. The Balaban J connectivity index is 0.000000980. The van der Waals surface area contributed by atoms with Crippen molar-refractivity contribution in [2.24, 2.45) is 5.92 Å². The number of carbonyl (C=O) groups is 1. The normalized spacial score (nSPS) is 31.1. The first kappa shape index (κ1) is 12.1. The van der Waals surface area contributed by atoms with E-state index in [2.05, 4.69) is 10.6 Å². The van der Waals surface area contributed by atoms with Crippen molar-refractivity contribution in [3.05, 3.63) is 0 Å². The molecule has 3 nitrogen and oxygen atoms in total. The van der Waals surface area contributed by atoms with Gasteiger partial charge >= 0.3 is 0 Å². The van der Waals surface area contributed by atoms with Gasteiger partial charge in [0.1, 0.15) is 0 Å². The standard InChI is InChI=1S/C9H16N2OS.ClH/c12-9(7-1-3-10-5-7)11-8-2-4-13-6-8;/h7-8,10H,1-6H2,(H,11,12);1H/t7-,8?;/m0./s1. The van der Waals surface area contributed by atoms with Crippen LogP contribution in [0.2, 0.25) is 0 Å². The Bertz CT molecular complexity index is 191. The minimum absolute atomic E-state index is 0. The predicted molar refractivity (Wildman–Crippen MR) is 62.1 cm³/mol. The third kappa shape index (κ3) is 3.04. The lowest BCUT2D eigenvalue weighted by Gasteiger charge is -2.14. The Morgan fingerprint density at radius 2 is 2.29 bits per heavy atom. The lowest BCUT2D eigenvalue weighted by molar-refractivity contribution is -0.124. The molecule has 0 aromatic carbocycles. The Morgan fingerprint density at radius 1 is 1.43 bits per heavy atom. The predicted octanol–water partition coefficient (Wildman–Crippen LogP) is 0.639. The molecule has 0 aliphatic carbocycles. The van der Waals surface area contributed by atoms with E-state index in [1.807, 2.05) is 11.8 Å². The molecular formula is C9H17ClN2OS. The van der Waals surface area contributed by atoms with Gasteiger partial charge in [0.05, 0.1) is 5.92 Å². The van der Waals surface area contributed by atoms with Gasteiger partial charge in [-0.25, -0.2) is 0 Å². The van der Waals surface area contributed by atoms with Gasteiger partial charge in [-0.2, -0.15) is 11.8 Å². The van der Waals surface area contributed by atoms with E-state index in [0.717, 1.165) is 31.7 Å². The van der Waals surface area contributed by atoms with Crippen LogP contribution < -0.4 is 10.6 Å². The zero-order chi connectivity index (χ0) is 9.10. The van der Waals surface area contributed by atoms with Crippen LogP contribution in [0.25, 0.3) is 0 Å². The number of hydrogen-bond donors (Lipinski definition) is 2. The van der Waals surface area contributed by atoms with Gasteiger partial charge in [0.2, 0.25) is 5.91 Å². The van der Waals surface area contributed by atoms with Crippen molar-refractivity contribution in [2.45, 2.75) is 18.9 Å². The quantitative estimate of drug-likeness (QED) is 0.740. The van der Waals surface area contributed by atoms with Gasteiger partial charge in [-0.1, -0.05) is 0 Å². The molecule has 2 aliphatic heterocycles. The molecule has 2 N–H and O–H groups in total. The van der Waals surface area contributed by atoms with Gasteiger partial charge in [0, 0.05) is 18.3 Å². The first-order valence-corrected chi connectivity index (χ1v) is 6.10. The van der Waals surface area contributed by atoms with Crippen LogP contribution in [-0.2, 0) is 4.79 Å². The van der Waals surface area contributed by atoms with Crippen LogP contribution in [0.1, 0.15) is 12.8 Å². The average molecular weight is 237 g/mol. The highest BCUT2D eigenvalue weighted by atomic mass is 35.5. The van der Waals surface area contributed by atoms with Crippen LogP contribution >= 0.6 is 24.2 Å². The molecule has 0 aromatic heterocycles. The van der Waals surface area contributed by atoms with Gasteiger partial charge < -0.3 is 10.6 Å². The van der Waals surface area contributed by atoms with Crippen LogP contribution in [0, 0.1) is 5.92 Å². The summed E-state index contributed by atoms with van der Waals surface area (Å²) < 4.78 is 0. The van der Waals surface area contributed by atoms with E-state index in [1.54, 1.807) is 0 Å². The summed E-state index contributed by atoms with van der Waals surface area (Å²) in [6.45, 7) is 1.86. The Hall–Kier alpha value is 0.0700. The Morgan fingerprint density at radius 3 is 2.86 bits per heavy atom. The maximum atomic E-state index is 11.6. The fraction of sp³-hybridized carbons (Fsp3) is 0.889. The highest BCUT2D eigenvalue weighted by Gasteiger charge is 2.25. The molecule has 14 heavy (non-hydrogen) atoms. The van der Waals surface area contributed by atoms with Crippen LogP contribution in [0.4, 0.5) is 0 Å². The maximum Gasteiger partial charge on any atom is 0.224 e. The number of amides is 1. The summed E-state index contributed by atoms with van der Waals surface area (Å²) in [5, 5.41) is 6.33. The summed E-state index contributed by atoms with van der Waals surface area (Å²) in [5.41, 5.74) is 0. The summed E-state index contributed by atoms with van der Waals surface area (Å²) >= 11 is 1.94. The van der Waals surface area contributed by atoms with Gasteiger partial charge in [-0.15, -0.1) is 12.4 Å². The fourth-order valence-electron chi connectivity index (χ4n) is 1.85. The van der Waals surface area contributed by atoms with Crippen molar-refractivity contribution in [3.63, 3.8) is 0 Å². The number of hydrogen-bond acceptors (Lipinski definition) is 3. The zero-order valence-corrected chi connectivity index (χ0v) is 9.76. The summed E-state index contributed by atoms with van der Waals surface area (Å²) in [5.74, 6) is 2.79. The molecule has 2 fully saturated rings. The first-order valence-electron chi connectivity index (χ1n) is 4.95. The molecule has 2 heterocycles. The van der Waals surface area contributed by atoms with Crippen molar-refractivity contribution in [1.82, 2.24) is 10.6 Å². The first-order chi connectivity index (χ1) is 6.36. The number of nitrogens with one attached hydrogen (secondary N) is 2. The van der Waals surface area contributed by atoms with Gasteiger partial charge in [0.15, 0.2) is 0 Å². The molecule has 2 saturated heterocycles. The SMILES string of the molecule is Cl.O=C(NC1CCSC1)[C@H]1CCNC1. The number of rotatable bonds is 2. The molecular weight excluding hydrogens is 220 g/mol. The molecule has 82 valence electrons. The minimum atomic E-state index is 0. The molecule has 2 atom stereocenters. The third-order valence-electron chi connectivity index (χ3n) is 2.71. The van der Waals surface area contributed by atoms with E-state index in [0.29, 0.717) is 6.04 Å². The van der Waals surface area contributed by atoms with Crippen molar-refractivity contribution >= 4 is 30.1 Å². The molecule has 1 amide bonds. The molecule has 0 bridgehead atoms. The Labute approximate surface area is 95.2 Å². The van der Waals surface area contributed by atoms with E-state index in [1.165, 1.54) is 5.75 Å². The smallest absolute Gasteiger partial charge is 0.224 e. The maximum absolute atomic E-state index is 11.6. The van der Waals surface area contributed by atoms with Crippen LogP contribution in [0.5, 0.6) is 0 Å². The lowest BCUT2D eigenvalue weighted by Crippen LogP contribution is -2.39. The van der Waals surface area contributed by atoms with Crippen molar-refractivity contribution < 1.29 is 4.79 Å². The van der Waals surface area contributed by atoms with Crippen LogP contribution in [0.15, 0.2) is 0 Å². The lowest BCUT2D eigenvalue weighted by atomic mass is 10.1. The minimum Gasteiger partial charge on any atom is -0.352 e. The largest absolute Gasteiger partial charge is 0.352 e. The third-order valence-corrected chi connectivity index (χ3v) is 3.87. The zero-order valence-electron chi connectivity index (χ0n) is 8.12. The van der Waals surface area contributed by atoms with E-state index in [9.17, 15) is 4.79 Å². The van der Waals surface area contributed by atoms with Crippen molar-refractivity contribution in [2.75, 3.05) is 24.6 Å². The van der Waals surface area contributed by atoms with Gasteiger partial charge in [-0.05, 0) is 25.1 Å². The van der Waals surface area contributed by atoms with Gasteiger partial charge in [-0.3, -0.25) is 4.79 Å². The summed E-state index contributed by atoms with van der Waals surface area (Å²) in [4.78, 5) is 11.6. The number of thioether (sulfide) groups is 1. The second-order valence-electron chi connectivity index (χ2n) is 3.76.